The van der Waals surface area contributed by atoms with E-state index < -0.39 is 0 Å². The van der Waals surface area contributed by atoms with Crippen LogP contribution in [0, 0.1) is 13.8 Å². The van der Waals surface area contributed by atoms with Crippen LogP contribution >= 0.6 is 0 Å². The van der Waals surface area contributed by atoms with Gasteiger partial charge in [0.2, 0.25) is 5.91 Å². The summed E-state index contributed by atoms with van der Waals surface area (Å²) in [6, 6.07) is -0.0232. The Hall–Kier alpha value is -2.15. The second-order valence-corrected chi connectivity index (χ2v) is 5.77. The molecular weight excluding hydrogens is 282 g/mol. The number of pyridine rings is 1. The lowest BCUT2D eigenvalue weighted by atomic mass is 10.0. The molecular formula is C15H23N5O2. The van der Waals surface area contributed by atoms with Gasteiger partial charge in [0.25, 0.3) is 5.56 Å². The smallest absolute Gasteiger partial charge is 0.273 e. The first kappa shape index (κ1) is 16.2. The molecule has 120 valence electrons. The number of likely N-dealkylation sites (N-methyl/N-ethyl adjacent to an activating group) is 1. The summed E-state index contributed by atoms with van der Waals surface area (Å²) in [6.07, 6.45) is 0.218. The number of carbonyl (C=O) groups is 1. The number of nitrogens with zero attached hydrogens (tertiary/aromatic N) is 3. The van der Waals surface area contributed by atoms with E-state index in [0.717, 1.165) is 16.8 Å². The second kappa shape index (κ2) is 5.92. The Labute approximate surface area is 129 Å². The molecule has 7 heteroatoms. The molecule has 1 atom stereocenters. The van der Waals surface area contributed by atoms with Gasteiger partial charge in [-0.05, 0) is 31.9 Å². The van der Waals surface area contributed by atoms with E-state index in [1.54, 1.807) is 23.7 Å². The third-order valence-corrected chi connectivity index (χ3v) is 4.30. The zero-order valence-electron chi connectivity index (χ0n) is 13.7. The van der Waals surface area contributed by atoms with Crippen molar-refractivity contribution in [3.8, 4) is 0 Å². The Balaban J connectivity index is 2.46. The van der Waals surface area contributed by atoms with Crippen LogP contribution in [-0.4, -0.2) is 45.2 Å². The highest BCUT2D eigenvalue weighted by Crippen LogP contribution is 2.20. The Morgan fingerprint density at radius 1 is 1.45 bits per heavy atom. The lowest BCUT2D eigenvalue weighted by Gasteiger charge is -2.24. The summed E-state index contributed by atoms with van der Waals surface area (Å²) in [5.74, 6) is -0.0299. The van der Waals surface area contributed by atoms with Gasteiger partial charge in [0.1, 0.15) is 0 Å². The molecule has 0 aliphatic carbocycles. The first-order chi connectivity index (χ1) is 10.3. The van der Waals surface area contributed by atoms with Gasteiger partial charge in [0, 0.05) is 32.4 Å². The van der Waals surface area contributed by atoms with Crippen molar-refractivity contribution >= 4 is 16.9 Å². The molecule has 7 nitrogen and oxygen atoms in total. The maximum absolute atomic E-state index is 12.4. The topological polar surface area (TPSA) is 97.0 Å². The Morgan fingerprint density at radius 2 is 2.09 bits per heavy atom. The normalized spacial score (nSPS) is 12.6. The molecule has 0 aliphatic heterocycles. The van der Waals surface area contributed by atoms with E-state index in [1.165, 1.54) is 0 Å². The Bertz CT molecular complexity index is 774. The Kier molecular flexibility index (Phi) is 4.37. The van der Waals surface area contributed by atoms with E-state index in [1.807, 2.05) is 20.8 Å². The summed E-state index contributed by atoms with van der Waals surface area (Å²) in [5.41, 5.74) is 8.42. The molecule has 22 heavy (non-hydrogen) atoms. The van der Waals surface area contributed by atoms with Crippen LogP contribution < -0.4 is 11.3 Å². The van der Waals surface area contributed by atoms with Crippen LogP contribution in [0.2, 0.25) is 0 Å². The summed E-state index contributed by atoms with van der Waals surface area (Å²) in [4.78, 5) is 30.5. The van der Waals surface area contributed by atoms with E-state index in [0.29, 0.717) is 17.6 Å². The van der Waals surface area contributed by atoms with Crippen LogP contribution in [0.5, 0.6) is 0 Å². The number of hydrogen-bond donors (Lipinski definition) is 2. The predicted octanol–water partition coefficient (Wildman–Crippen LogP) is 0.227. The largest absolute Gasteiger partial charge is 0.341 e. The molecule has 0 bridgehead atoms. The monoisotopic (exact) mass is 305 g/mol. The van der Waals surface area contributed by atoms with Crippen LogP contribution in [0.3, 0.4) is 0 Å². The fraction of sp³-hybridized carbons (Fsp3) is 0.533. The van der Waals surface area contributed by atoms with Gasteiger partial charge in [-0.2, -0.15) is 0 Å². The van der Waals surface area contributed by atoms with Crippen LogP contribution in [-0.2, 0) is 18.3 Å². The number of aromatic amines is 1. The van der Waals surface area contributed by atoms with E-state index in [-0.39, 0.29) is 23.9 Å². The van der Waals surface area contributed by atoms with E-state index in [4.69, 9.17) is 5.73 Å². The highest BCUT2D eigenvalue weighted by atomic mass is 16.2. The summed E-state index contributed by atoms with van der Waals surface area (Å²) >= 11 is 0. The molecule has 0 saturated heterocycles. The van der Waals surface area contributed by atoms with Crippen molar-refractivity contribution in [2.75, 3.05) is 13.6 Å². The molecule has 1 amide bonds. The predicted molar refractivity (Wildman–Crippen MR) is 85.8 cm³/mol. The average Bonchev–Trinajstić information content (AvgIpc) is 2.75. The van der Waals surface area contributed by atoms with Crippen LogP contribution in [0.15, 0.2) is 4.79 Å². The first-order valence-corrected chi connectivity index (χ1v) is 7.28. The minimum absolute atomic E-state index is 0.0232. The number of carbonyl (C=O) groups excluding carboxylic acids is 1. The number of rotatable bonds is 4. The zero-order chi connectivity index (χ0) is 16.6. The van der Waals surface area contributed by atoms with Crippen LogP contribution in [0.1, 0.15) is 23.7 Å². The standard InChI is InChI=1S/C15H23N5O2/c1-8(7-16)19(4)12(21)6-11-9(2)13-14(17-10(11)3)20(5)18-15(13)22/h8H,6-7,16H2,1-5H3,(H,18,22). The van der Waals surface area contributed by atoms with Crippen molar-refractivity contribution in [2.24, 2.45) is 12.8 Å². The maximum Gasteiger partial charge on any atom is 0.273 e. The van der Waals surface area contributed by atoms with Crippen molar-refractivity contribution in [1.82, 2.24) is 19.7 Å². The van der Waals surface area contributed by atoms with Gasteiger partial charge >= 0.3 is 0 Å². The first-order valence-electron chi connectivity index (χ1n) is 7.28. The highest BCUT2D eigenvalue weighted by Gasteiger charge is 2.20. The fourth-order valence-corrected chi connectivity index (χ4v) is 2.59. The molecule has 0 aliphatic rings. The van der Waals surface area contributed by atoms with E-state index in [9.17, 15) is 9.59 Å². The summed E-state index contributed by atoms with van der Waals surface area (Å²) < 4.78 is 1.60. The molecule has 2 rings (SSSR count). The molecule has 0 saturated carbocycles. The van der Waals surface area contributed by atoms with Gasteiger partial charge in [0.05, 0.1) is 11.8 Å². The van der Waals surface area contributed by atoms with Gasteiger partial charge < -0.3 is 10.6 Å². The van der Waals surface area contributed by atoms with Crippen molar-refractivity contribution in [2.45, 2.75) is 33.2 Å². The van der Waals surface area contributed by atoms with Gasteiger partial charge in [-0.25, -0.2) is 4.98 Å². The van der Waals surface area contributed by atoms with Gasteiger partial charge in [-0.15, -0.1) is 0 Å². The third-order valence-electron chi connectivity index (χ3n) is 4.30. The van der Waals surface area contributed by atoms with Gasteiger partial charge in [-0.3, -0.25) is 19.4 Å². The van der Waals surface area contributed by atoms with Gasteiger partial charge in [-0.1, -0.05) is 0 Å². The number of nitrogens with one attached hydrogen (secondary N) is 1. The van der Waals surface area contributed by atoms with Crippen molar-refractivity contribution in [1.29, 1.82) is 0 Å². The van der Waals surface area contributed by atoms with Crippen LogP contribution in [0.25, 0.3) is 11.0 Å². The van der Waals surface area contributed by atoms with Crippen molar-refractivity contribution in [3.05, 3.63) is 27.2 Å². The molecule has 2 heterocycles. The molecule has 1 unspecified atom stereocenters. The zero-order valence-corrected chi connectivity index (χ0v) is 13.7. The lowest BCUT2D eigenvalue weighted by Crippen LogP contribution is -2.40. The summed E-state index contributed by atoms with van der Waals surface area (Å²) in [7, 11) is 3.49. The van der Waals surface area contributed by atoms with Gasteiger partial charge in [0.15, 0.2) is 5.65 Å². The molecule has 2 aromatic rings. The number of hydrogen-bond acceptors (Lipinski definition) is 4. The number of H-pyrrole nitrogens is 1. The number of nitrogens with two attached hydrogens (primary N) is 1. The third kappa shape index (κ3) is 2.64. The average molecular weight is 305 g/mol. The van der Waals surface area contributed by atoms with E-state index >= 15 is 0 Å². The molecule has 3 N–H and O–H groups in total. The number of amides is 1. The quantitative estimate of drug-likeness (QED) is 0.845. The van der Waals surface area contributed by atoms with Crippen molar-refractivity contribution < 1.29 is 4.79 Å². The lowest BCUT2D eigenvalue weighted by molar-refractivity contribution is -0.130. The molecule has 2 aromatic heterocycles. The number of aromatic nitrogens is 3. The Morgan fingerprint density at radius 3 is 2.68 bits per heavy atom. The number of fused-ring (bicyclic) bond motifs is 1. The fourth-order valence-electron chi connectivity index (χ4n) is 2.59. The van der Waals surface area contributed by atoms with Crippen molar-refractivity contribution in [3.63, 3.8) is 0 Å². The SMILES string of the molecule is Cc1nc2c(c(C)c1CC(=O)N(C)C(C)CN)c(=O)[nH]n2C. The van der Waals surface area contributed by atoms with Crippen LogP contribution in [0.4, 0.5) is 0 Å². The molecule has 0 radical (unpaired) electrons. The molecule has 0 aromatic carbocycles. The molecule has 0 fully saturated rings. The van der Waals surface area contributed by atoms with E-state index in [2.05, 4.69) is 10.1 Å². The minimum atomic E-state index is -0.181. The second-order valence-electron chi connectivity index (χ2n) is 5.77. The number of aryl methyl sites for hydroxylation is 3. The summed E-state index contributed by atoms with van der Waals surface area (Å²) in [5, 5.41) is 3.25. The molecule has 0 spiro atoms. The summed E-state index contributed by atoms with van der Waals surface area (Å²) in [6.45, 7) is 6.04. The minimum Gasteiger partial charge on any atom is -0.341 e. The maximum atomic E-state index is 12.4. The highest BCUT2D eigenvalue weighted by molar-refractivity contribution is 5.84.